The minimum absolute atomic E-state index is 0.00622. The van der Waals surface area contributed by atoms with E-state index in [0.29, 0.717) is 59.3 Å². The Morgan fingerprint density at radius 1 is 0.429 bits per heavy atom. The summed E-state index contributed by atoms with van der Waals surface area (Å²) in [6.45, 7) is 19.9. The summed E-state index contributed by atoms with van der Waals surface area (Å²) >= 11 is 6.06. The Kier molecular flexibility index (Phi) is 31.0. The number of hydrazine groups is 1. The van der Waals surface area contributed by atoms with E-state index in [9.17, 15) is 41.9 Å². The first-order chi connectivity index (χ1) is 64.1. The van der Waals surface area contributed by atoms with Crippen molar-refractivity contribution >= 4 is 122 Å². The Labute approximate surface area is 764 Å². The summed E-state index contributed by atoms with van der Waals surface area (Å²) in [5, 5.41) is 77.6. The number of aliphatic imine (C=N–C) groups is 1. The average molecular weight is 1830 g/mol. The van der Waals surface area contributed by atoms with Crippen molar-refractivity contribution in [2.75, 3.05) is 41.9 Å². The number of carbonyl (C=O) groups is 6. The van der Waals surface area contributed by atoms with Gasteiger partial charge < -0.3 is 14.2 Å². The zero-order valence-corrected chi connectivity index (χ0v) is 74.9. The zero-order valence-electron chi connectivity index (χ0n) is 74.1. The van der Waals surface area contributed by atoms with E-state index in [-0.39, 0.29) is 73.2 Å². The third kappa shape index (κ3) is 24.2. The molecule has 0 bridgehead atoms. The number of aromatic nitrogens is 16. The molecular weight excluding hydrogens is 1740 g/mol. The van der Waals surface area contributed by atoms with Crippen LogP contribution in [0.4, 0.5) is 35.9 Å². The van der Waals surface area contributed by atoms with Crippen LogP contribution in [-0.4, -0.2) is 199 Å². The lowest BCUT2D eigenvalue weighted by Gasteiger charge is -2.15. The number of esters is 2. The number of aryl methyl sites for hydroxylation is 3. The van der Waals surface area contributed by atoms with Crippen LogP contribution >= 0.6 is 11.6 Å². The zero-order chi connectivity index (χ0) is 94.4. The summed E-state index contributed by atoms with van der Waals surface area (Å²) in [6.07, 6.45) is 1.32. The normalized spacial score (nSPS) is 15.0. The van der Waals surface area contributed by atoms with E-state index in [1.54, 1.807) is 66.7 Å². The van der Waals surface area contributed by atoms with Crippen LogP contribution in [0, 0.1) is 20.8 Å². The molecule has 15 heterocycles. The lowest BCUT2D eigenvalue weighted by atomic mass is 10.1. The number of nitrogens with one attached hydrogen (secondary N) is 1. The van der Waals surface area contributed by atoms with Crippen LogP contribution in [0.1, 0.15) is 132 Å². The quantitative estimate of drug-likeness (QED) is 0.111. The minimum Gasteiger partial charge on any atom is -0.480 e. The Balaban J connectivity index is 0.000000128. The molecule has 682 valence electrons. The number of nitrogens with zero attached hydrogens (tertiary/aromatic N) is 29. The van der Waals surface area contributed by atoms with Crippen molar-refractivity contribution in [3.8, 4) is 22.9 Å². The van der Waals surface area contributed by atoms with Gasteiger partial charge in [-0.25, -0.2) is 34.0 Å². The highest BCUT2D eigenvalue weighted by Crippen LogP contribution is 2.32. The molecule has 1 N–H and O–H groups in total. The summed E-state index contributed by atoms with van der Waals surface area (Å²) < 4.78 is 59.3. The number of carbonyl (C=O) groups excluding carboxylic acids is 6. The van der Waals surface area contributed by atoms with Crippen molar-refractivity contribution < 1.29 is 56.1 Å². The van der Waals surface area contributed by atoms with Gasteiger partial charge in [0.25, 0.3) is 23.5 Å². The number of anilines is 3. The monoisotopic (exact) mass is 1830 g/mol. The molecule has 6 aromatic carbocycles. The van der Waals surface area contributed by atoms with Gasteiger partial charge in [0.05, 0.1) is 79.0 Å². The Morgan fingerprint density at radius 3 is 1.43 bits per heavy atom. The number of hydrogen-bond acceptors (Lipinski definition) is 29. The minimum atomic E-state index is -4.49. The molecule has 0 saturated carbocycles. The third-order valence-corrected chi connectivity index (χ3v) is 19.7. The molecule has 133 heavy (non-hydrogen) atoms. The van der Waals surface area contributed by atoms with Crippen LogP contribution in [0.2, 0.25) is 5.02 Å². The second kappa shape index (κ2) is 43.7. The molecule has 6 aromatic heterocycles. The van der Waals surface area contributed by atoms with E-state index in [0.717, 1.165) is 127 Å². The highest BCUT2D eigenvalue weighted by atomic mass is 35.5. The van der Waals surface area contributed by atoms with Crippen molar-refractivity contribution in [1.82, 2.24) is 89.8 Å². The lowest BCUT2D eigenvalue weighted by Crippen LogP contribution is -2.35. The Bertz CT molecular complexity index is 6540. The van der Waals surface area contributed by atoms with Gasteiger partial charge in [0.1, 0.15) is 18.0 Å². The van der Waals surface area contributed by atoms with Gasteiger partial charge in [0.15, 0.2) is 58.0 Å². The van der Waals surface area contributed by atoms with Gasteiger partial charge in [-0.2, -0.15) is 72.9 Å². The van der Waals surface area contributed by atoms with Crippen molar-refractivity contribution in [2.45, 2.75) is 133 Å². The molecule has 4 amide bonds. The fourth-order valence-electron chi connectivity index (χ4n) is 13.3. The summed E-state index contributed by atoms with van der Waals surface area (Å²) in [6, 6.07) is 59.1. The number of benzene rings is 6. The summed E-state index contributed by atoms with van der Waals surface area (Å²) in [7, 11) is 1.51. The lowest BCUT2D eigenvalue weighted by molar-refractivity contribution is -0.147. The van der Waals surface area contributed by atoms with Gasteiger partial charge >= 0.3 is 18.1 Å². The first-order valence-electron chi connectivity index (χ1n) is 41.8. The highest BCUT2D eigenvalue weighted by Gasteiger charge is 2.40. The molecule has 0 radical (unpaired) electrons. The van der Waals surface area contributed by atoms with Gasteiger partial charge in [-0.05, 0) is 142 Å². The first kappa shape index (κ1) is 94.3. The van der Waals surface area contributed by atoms with Crippen molar-refractivity contribution in [3.63, 3.8) is 0 Å². The highest BCUT2D eigenvalue weighted by molar-refractivity contribution is 6.43. The van der Waals surface area contributed by atoms with Crippen molar-refractivity contribution in [1.29, 1.82) is 0 Å². The standard InChI is InChI=1S/C15H12ClN3O.C12H12N4.C12H12N2O3.C11H10N4.C11H12N2O2.C10H9N5.C7H10N2O3.C6H5F3N4.C6H8N4/c16-12-8-4-5-9-13(12)17-14-10-15(20)19(18-14)11-6-2-1-3-7-11;1-8-4-3-5-10(6-8)12-14-13-11-7-9(2)15-16(11)12;1-2-17-12(16)10-8-11(15)14(13-10)9-6-4-3-5-7-9;1-8-12-13-11-7-10(14-15(8)11)9-5-3-2-4-6-9;1-2-15-10-8-11(14)13(12-10)9-6-4-3-5-7-9;1-7-6-9-12-13-10(15(9)14-7)8-4-2-3-5-11-8;1-3-12-7(11)5-4-6(10)9(2)8-5;1-3-2-4-10-11-5(6(7,8)9)13(4)12-3;1-4-3-6-8-7-5(2)10(6)9-4/h1-9H,10H2,(H,17,18);3-6H,7H2,1-2H3;3-7H,2,8H2,1H3;2-6H,7H2,1H3;3-7H,2,8H2,1H3;2-5H,6H2,1H3;3-4H2,1-2H3;2H2,1H3;3H2,1-2H3. The predicted octanol–water partition coefficient (Wildman–Crippen LogP) is 12.2. The summed E-state index contributed by atoms with van der Waals surface area (Å²) in [5.74, 6) is 5.67. The molecule has 12 aromatic rings. The van der Waals surface area contributed by atoms with Crippen LogP contribution < -0.4 is 20.5 Å². The number of para-hydroxylation sites is 4. The molecule has 1 saturated heterocycles. The van der Waals surface area contributed by atoms with E-state index in [1.807, 2.05) is 184 Å². The molecule has 0 spiro atoms. The summed E-state index contributed by atoms with van der Waals surface area (Å²) in [5.41, 5.74) is 15.4. The topological polar surface area (TPSA) is 433 Å². The molecule has 9 aliphatic rings. The number of hydrogen-bond donors (Lipinski definition) is 1. The molecule has 9 aliphatic heterocycles. The summed E-state index contributed by atoms with van der Waals surface area (Å²) in [4.78, 5) is 77.3. The van der Waals surface area contributed by atoms with Crippen LogP contribution in [0.3, 0.4) is 0 Å². The molecule has 0 atom stereocenters. The number of halogens is 4. The SMILES string of the molecule is CC1=Nn2c(C)nnc2C1.CC1=Nn2c(nnc2-c2cccc(C)c2)C1.CC1=Nn2c(nnc2-c2ccccn2)C1.CC1=Nn2c(nnc2C(F)(F)F)C1.CCOC(=O)C1=NN(C)C(=O)C1.CCOC(=O)C1=NN(c2ccccc2)C(=O)C1.CCOC1=NN(c2ccccc2)C(=O)C1.Cc1nnc2n1N=C(c1ccccc1)C2.O=C1CC(=Nc2ccccc2Cl)NN1c1ccccc1. The van der Waals surface area contributed by atoms with E-state index >= 15 is 0 Å². The largest absolute Gasteiger partial charge is 0.480 e. The third-order valence-electron chi connectivity index (χ3n) is 19.4. The first-order valence-corrected chi connectivity index (χ1v) is 42.2. The van der Waals surface area contributed by atoms with E-state index in [4.69, 9.17) is 21.1 Å². The van der Waals surface area contributed by atoms with Crippen LogP contribution in [0.25, 0.3) is 22.9 Å². The molecule has 21 rings (SSSR count). The smallest absolute Gasteiger partial charge is 0.453 e. The molecule has 43 heteroatoms. The fourth-order valence-corrected chi connectivity index (χ4v) is 13.5. The number of rotatable bonds is 12. The Morgan fingerprint density at radius 2 is 0.895 bits per heavy atom. The van der Waals surface area contributed by atoms with Gasteiger partial charge in [0.2, 0.25) is 17.6 Å². The maximum absolute atomic E-state index is 12.2. The van der Waals surface area contributed by atoms with E-state index < -0.39 is 23.9 Å². The van der Waals surface area contributed by atoms with Gasteiger partial charge in [-0.1, -0.05) is 138 Å². The number of ether oxygens (including phenoxy) is 3. The number of amides is 4. The fraction of sp³-hybridized carbons (Fsp3) is 0.267. The van der Waals surface area contributed by atoms with E-state index in [1.165, 1.54) is 27.6 Å². The maximum atomic E-state index is 12.2. The van der Waals surface area contributed by atoms with Gasteiger partial charge in [0, 0.05) is 67.3 Å². The number of fused-ring (bicyclic) bond motifs is 5. The van der Waals surface area contributed by atoms with Crippen LogP contribution in [-0.2, 0) is 81.3 Å². The molecular formula is C90H90ClF3N30O9. The van der Waals surface area contributed by atoms with Crippen molar-refractivity contribution in [2.24, 2.45) is 45.8 Å². The number of pyridine rings is 1. The van der Waals surface area contributed by atoms with Gasteiger partial charge in [-0.3, -0.25) is 29.6 Å². The Hall–Kier alpha value is -16.3. The molecule has 39 nitrogen and oxygen atoms in total. The number of alkyl halides is 3. The second-order valence-corrected chi connectivity index (χ2v) is 30.2. The van der Waals surface area contributed by atoms with Gasteiger partial charge in [-0.15, -0.1) is 56.1 Å². The van der Waals surface area contributed by atoms with Crippen LogP contribution in [0.5, 0.6) is 0 Å². The van der Waals surface area contributed by atoms with E-state index in [2.05, 4.69) is 143 Å². The maximum Gasteiger partial charge on any atom is 0.453 e. The second-order valence-electron chi connectivity index (χ2n) is 29.8. The van der Waals surface area contributed by atoms with Crippen LogP contribution in [0.15, 0.2) is 240 Å². The number of hydrazone groups is 3. The van der Waals surface area contributed by atoms with Crippen molar-refractivity contribution in [3.05, 3.63) is 257 Å². The molecule has 1 fully saturated rings. The molecule has 0 aliphatic carbocycles. The predicted molar refractivity (Wildman–Crippen MR) is 491 cm³/mol. The number of amidine groups is 1. The average Bonchev–Trinajstić information content (AvgIpc) is 1.65. The molecule has 0 unspecified atom stereocenters.